The number of amidine groups is 1. The number of nitrogens with one attached hydrogen (secondary N) is 2. The van der Waals surface area contributed by atoms with Crippen LogP contribution in [0.2, 0.25) is 0 Å². The molecule has 0 aliphatic heterocycles. The SMILES string of the molecule is CCSC(Cc1nnc(N(C)c2cccc(C)c2)s1)c1nnc(NC(=N)Oc2cccc(C)c2)s1. The van der Waals surface area contributed by atoms with Crippen LogP contribution >= 0.6 is 34.4 Å². The molecule has 0 radical (unpaired) electrons. The van der Waals surface area contributed by atoms with Gasteiger partial charge in [0.25, 0.3) is 6.02 Å². The van der Waals surface area contributed by atoms with Crippen molar-refractivity contribution in [3.63, 3.8) is 0 Å². The molecule has 1 unspecified atom stereocenters. The fraction of sp³-hybridized carbons (Fsp3) is 0.292. The highest BCUT2D eigenvalue weighted by molar-refractivity contribution is 7.99. The van der Waals surface area contributed by atoms with Crippen LogP contribution in [0.15, 0.2) is 48.5 Å². The van der Waals surface area contributed by atoms with Crippen LogP contribution in [0.25, 0.3) is 0 Å². The lowest BCUT2D eigenvalue weighted by Gasteiger charge is -2.15. The van der Waals surface area contributed by atoms with Gasteiger partial charge in [-0.25, -0.2) is 0 Å². The highest BCUT2D eigenvalue weighted by Crippen LogP contribution is 2.37. The number of nitrogens with zero attached hydrogens (tertiary/aromatic N) is 5. The third-order valence-corrected chi connectivity index (χ3v) is 8.26. The van der Waals surface area contributed by atoms with E-state index in [-0.39, 0.29) is 11.3 Å². The number of aryl methyl sites for hydroxylation is 2. The van der Waals surface area contributed by atoms with E-state index in [9.17, 15) is 0 Å². The van der Waals surface area contributed by atoms with E-state index in [4.69, 9.17) is 10.1 Å². The highest BCUT2D eigenvalue weighted by Gasteiger charge is 2.21. The molecule has 0 bridgehead atoms. The maximum atomic E-state index is 8.12. The van der Waals surface area contributed by atoms with Crippen LogP contribution in [0.5, 0.6) is 5.75 Å². The average Bonchev–Trinajstić information content (AvgIpc) is 3.48. The molecule has 0 spiro atoms. The number of rotatable bonds is 9. The van der Waals surface area contributed by atoms with E-state index >= 15 is 0 Å². The molecule has 0 saturated heterocycles. The van der Waals surface area contributed by atoms with Crippen molar-refractivity contribution < 1.29 is 4.74 Å². The van der Waals surface area contributed by atoms with Crippen LogP contribution in [0.4, 0.5) is 16.0 Å². The van der Waals surface area contributed by atoms with Gasteiger partial charge in [-0.1, -0.05) is 53.9 Å². The molecule has 2 heterocycles. The van der Waals surface area contributed by atoms with Crippen LogP contribution < -0.4 is 15.0 Å². The van der Waals surface area contributed by atoms with Gasteiger partial charge >= 0.3 is 0 Å². The number of benzene rings is 2. The summed E-state index contributed by atoms with van der Waals surface area (Å²) in [5.74, 6) is 1.54. The Bertz CT molecular complexity index is 1290. The number of hydrogen-bond donors (Lipinski definition) is 2. The van der Waals surface area contributed by atoms with E-state index in [0.29, 0.717) is 17.3 Å². The maximum absolute atomic E-state index is 8.12. The van der Waals surface area contributed by atoms with Gasteiger partial charge in [-0.2, -0.15) is 11.8 Å². The lowest BCUT2D eigenvalue weighted by atomic mass is 10.2. The van der Waals surface area contributed by atoms with Crippen molar-refractivity contribution in [2.45, 2.75) is 32.4 Å². The minimum absolute atomic E-state index is 0.0917. The van der Waals surface area contributed by atoms with E-state index in [0.717, 1.165) is 32.2 Å². The fourth-order valence-corrected chi connectivity index (χ4v) is 6.23. The zero-order valence-electron chi connectivity index (χ0n) is 20.0. The lowest BCUT2D eigenvalue weighted by molar-refractivity contribution is 0.543. The predicted octanol–water partition coefficient (Wildman–Crippen LogP) is 6.24. The highest BCUT2D eigenvalue weighted by atomic mass is 32.2. The van der Waals surface area contributed by atoms with Crippen molar-refractivity contribution in [3.8, 4) is 5.75 Å². The molecular formula is C24H27N7OS3. The van der Waals surface area contributed by atoms with Gasteiger partial charge in [0.1, 0.15) is 15.8 Å². The first-order valence-corrected chi connectivity index (χ1v) is 13.8. The Morgan fingerprint density at radius 1 is 1.06 bits per heavy atom. The minimum Gasteiger partial charge on any atom is -0.426 e. The zero-order valence-corrected chi connectivity index (χ0v) is 22.4. The quantitative estimate of drug-likeness (QED) is 0.196. The Labute approximate surface area is 217 Å². The van der Waals surface area contributed by atoms with Crippen LogP contribution in [0, 0.1) is 19.3 Å². The van der Waals surface area contributed by atoms with Crippen molar-refractivity contribution in [3.05, 3.63) is 69.7 Å². The standard InChI is InChI=1S/C24H27N7OS3/c1-5-33-19(14-20-27-30-24(34-20)31(4)17-10-6-8-15(2)12-17)21-28-29-23(35-21)26-22(25)32-18-11-7-9-16(3)13-18/h6-13,19H,5,14H2,1-4H3,(H2,25,26,29). The Morgan fingerprint density at radius 2 is 1.83 bits per heavy atom. The summed E-state index contributed by atoms with van der Waals surface area (Å²) in [5.41, 5.74) is 3.36. The molecule has 11 heteroatoms. The molecule has 0 aliphatic carbocycles. The third-order valence-electron chi connectivity index (χ3n) is 5.01. The molecule has 4 rings (SSSR count). The van der Waals surface area contributed by atoms with Crippen LogP contribution in [0.3, 0.4) is 0 Å². The van der Waals surface area contributed by atoms with Crippen LogP contribution in [0.1, 0.15) is 33.3 Å². The molecular weight excluding hydrogens is 499 g/mol. The molecule has 4 aromatic rings. The molecule has 35 heavy (non-hydrogen) atoms. The summed E-state index contributed by atoms with van der Waals surface area (Å²) < 4.78 is 5.57. The summed E-state index contributed by atoms with van der Waals surface area (Å²) in [6.07, 6.45) is 0.712. The summed E-state index contributed by atoms with van der Waals surface area (Å²) in [7, 11) is 2.01. The Morgan fingerprint density at radius 3 is 2.57 bits per heavy atom. The minimum atomic E-state index is -0.0917. The monoisotopic (exact) mass is 525 g/mol. The van der Waals surface area contributed by atoms with Crippen molar-refractivity contribution in [2.24, 2.45) is 0 Å². The number of thioether (sulfide) groups is 1. The summed E-state index contributed by atoms with van der Waals surface area (Å²) in [5, 5.41) is 31.8. The molecule has 1 atom stereocenters. The van der Waals surface area contributed by atoms with E-state index < -0.39 is 0 Å². The van der Waals surface area contributed by atoms with E-state index in [2.05, 4.69) is 62.7 Å². The smallest absolute Gasteiger partial charge is 0.293 e. The molecule has 2 aromatic carbocycles. The normalized spacial score (nSPS) is 11.8. The zero-order chi connectivity index (χ0) is 24.8. The van der Waals surface area contributed by atoms with Crippen molar-refractivity contribution in [2.75, 3.05) is 23.0 Å². The number of anilines is 3. The van der Waals surface area contributed by atoms with Gasteiger partial charge in [0.05, 0.1) is 5.25 Å². The molecule has 0 fully saturated rings. The first-order valence-electron chi connectivity index (χ1n) is 11.1. The topological polar surface area (TPSA) is 99.9 Å². The van der Waals surface area contributed by atoms with Gasteiger partial charge in [0, 0.05) is 19.2 Å². The predicted molar refractivity (Wildman–Crippen MR) is 147 cm³/mol. The molecule has 0 saturated carbocycles. The number of hydrogen-bond acceptors (Lipinski definition) is 10. The van der Waals surface area contributed by atoms with Crippen LogP contribution in [-0.2, 0) is 6.42 Å². The van der Waals surface area contributed by atoms with Gasteiger partial charge < -0.3 is 9.64 Å². The molecule has 8 nitrogen and oxygen atoms in total. The second kappa shape index (κ2) is 11.6. The molecule has 0 aliphatic rings. The Balaban J connectivity index is 1.41. The molecule has 2 aromatic heterocycles. The largest absolute Gasteiger partial charge is 0.426 e. The van der Waals surface area contributed by atoms with Gasteiger partial charge in [0.15, 0.2) is 0 Å². The van der Waals surface area contributed by atoms with Crippen molar-refractivity contribution in [1.29, 1.82) is 5.41 Å². The number of aromatic nitrogens is 4. The average molecular weight is 526 g/mol. The Kier molecular flexibility index (Phi) is 8.32. The number of ether oxygens (including phenoxy) is 1. The van der Waals surface area contributed by atoms with Gasteiger partial charge in [-0.3, -0.25) is 10.7 Å². The van der Waals surface area contributed by atoms with E-state index in [1.54, 1.807) is 23.1 Å². The third kappa shape index (κ3) is 6.77. The summed E-state index contributed by atoms with van der Waals surface area (Å²) in [6.45, 7) is 6.19. The first kappa shape index (κ1) is 25.1. The fourth-order valence-electron chi connectivity index (χ4n) is 3.32. The second-order valence-electron chi connectivity index (χ2n) is 7.84. The van der Waals surface area contributed by atoms with E-state index in [1.807, 2.05) is 44.3 Å². The van der Waals surface area contributed by atoms with Gasteiger partial charge in [-0.05, 0) is 55.0 Å². The van der Waals surface area contributed by atoms with E-state index in [1.165, 1.54) is 16.9 Å². The summed E-state index contributed by atoms with van der Waals surface area (Å²) >= 11 is 4.81. The van der Waals surface area contributed by atoms with Crippen molar-refractivity contribution in [1.82, 2.24) is 20.4 Å². The Hall–Kier alpha value is -3.02. The van der Waals surface area contributed by atoms with Crippen molar-refractivity contribution >= 4 is 56.4 Å². The molecule has 2 N–H and O–H groups in total. The van der Waals surface area contributed by atoms with Gasteiger partial charge in [-0.15, -0.1) is 20.4 Å². The van der Waals surface area contributed by atoms with Gasteiger partial charge in [0.2, 0.25) is 10.3 Å². The van der Waals surface area contributed by atoms with Crippen LogP contribution in [-0.4, -0.2) is 39.2 Å². The summed E-state index contributed by atoms with van der Waals surface area (Å²) in [6, 6.07) is 15.8. The molecule has 182 valence electrons. The maximum Gasteiger partial charge on any atom is 0.293 e. The molecule has 0 amide bonds. The summed E-state index contributed by atoms with van der Waals surface area (Å²) in [4.78, 5) is 2.06. The first-order chi connectivity index (χ1) is 16.9. The second-order valence-corrected chi connectivity index (χ2v) is 11.4. The lowest BCUT2D eigenvalue weighted by Crippen LogP contribution is -2.17.